The molecule has 0 saturated carbocycles. The number of rotatable bonds is 6. The van der Waals surface area contributed by atoms with Gasteiger partial charge in [0.05, 0.1) is 0 Å². The Morgan fingerprint density at radius 1 is 0.593 bits per heavy atom. The van der Waals surface area contributed by atoms with Crippen LogP contribution in [-0.2, 0) is 0 Å². The molecule has 0 spiro atoms. The van der Waals surface area contributed by atoms with Crippen molar-refractivity contribution < 1.29 is 0 Å². The third-order valence-electron chi connectivity index (χ3n) is 3.44. The summed E-state index contributed by atoms with van der Waals surface area (Å²) in [5.41, 5.74) is 2.53. The molecule has 0 unspecified atom stereocenters. The van der Waals surface area contributed by atoms with Gasteiger partial charge in [0, 0.05) is 9.75 Å². The van der Waals surface area contributed by atoms with Gasteiger partial charge in [-0.15, -0.1) is 11.3 Å². The van der Waals surface area contributed by atoms with Crippen LogP contribution in [0.2, 0.25) is 0 Å². The van der Waals surface area contributed by atoms with Gasteiger partial charge in [-0.25, -0.2) is 0 Å². The zero-order valence-electron chi connectivity index (χ0n) is 16.8. The molecule has 0 aliphatic heterocycles. The molecule has 0 aliphatic rings. The second-order valence-electron chi connectivity index (χ2n) is 5.90. The molecule has 2 rings (SSSR count). The Hall–Kier alpha value is -2.64. The lowest BCUT2D eigenvalue weighted by Gasteiger charge is -1.92. The minimum atomic E-state index is 1.24. The first kappa shape index (κ1) is 22.4. The highest BCUT2D eigenvalue weighted by atomic mass is 32.1. The minimum absolute atomic E-state index is 1.24. The van der Waals surface area contributed by atoms with Gasteiger partial charge in [0.25, 0.3) is 0 Å². The van der Waals surface area contributed by atoms with E-state index < -0.39 is 0 Å². The lowest BCUT2D eigenvalue weighted by molar-refractivity contribution is 1.46. The molecule has 140 valence electrons. The van der Waals surface area contributed by atoms with E-state index in [4.69, 9.17) is 0 Å². The molecule has 1 heteroatoms. The van der Waals surface area contributed by atoms with Gasteiger partial charge >= 0.3 is 0 Å². The van der Waals surface area contributed by atoms with E-state index in [0.29, 0.717) is 0 Å². The standard InChI is InChI=1S/C14H16.C12H14S/c1-3-4-5-6-7-8-14-11-9-13(2)10-12-14;1-3-4-5-6-7-8-12-10-9-11(2)13-12/h3-12H,1-2H3;3-10H,1-2H3/b2*4-3+,6-5+,8-7+. The second kappa shape index (κ2) is 14.5. The predicted octanol–water partition coefficient (Wildman–Crippen LogP) is 8.34. The van der Waals surface area contributed by atoms with Crippen LogP contribution in [0, 0.1) is 13.8 Å². The highest BCUT2D eigenvalue weighted by Gasteiger charge is 1.88. The Bertz CT molecular complexity index is 806. The SMILES string of the molecule is C/C=C/C=C/C=C/c1ccc(C)cc1.C/C=C/C=C/C=C/c1ccc(C)s1. The third kappa shape index (κ3) is 11.6. The number of thiophene rings is 1. The third-order valence-corrected chi connectivity index (χ3v) is 4.41. The normalized spacial score (nSPS) is 12.3. The highest BCUT2D eigenvalue weighted by molar-refractivity contribution is 7.12. The number of hydrogen-bond donors (Lipinski definition) is 0. The molecule has 0 atom stereocenters. The fraction of sp³-hybridized carbons (Fsp3) is 0.154. The topological polar surface area (TPSA) is 0 Å². The van der Waals surface area contributed by atoms with Gasteiger partial charge in [0.1, 0.15) is 0 Å². The van der Waals surface area contributed by atoms with Gasteiger partial charge in [0.15, 0.2) is 0 Å². The molecule has 1 aromatic carbocycles. The molecule has 0 N–H and O–H groups in total. The van der Waals surface area contributed by atoms with Crippen molar-refractivity contribution in [3.63, 3.8) is 0 Å². The highest BCUT2D eigenvalue weighted by Crippen LogP contribution is 2.16. The van der Waals surface area contributed by atoms with Crippen LogP contribution in [-0.4, -0.2) is 0 Å². The maximum Gasteiger partial charge on any atom is 0.0273 e. The molecule has 0 amide bonds. The van der Waals surface area contributed by atoms with E-state index in [9.17, 15) is 0 Å². The molecule has 1 aromatic heterocycles. The summed E-state index contributed by atoms with van der Waals surface area (Å²) < 4.78 is 0. The summed E-state index contributed by atoms with van der Waals surface area (Å²) in [7, 11) is 0. The molecule has 0 aliphatic carbocycles. The Kier molecular flexibility index (Phi) is 12.0. The monoisotopic (exact) mass is 374 g/mol. The second-order valence-corrected chi connectivity index (χ2v) is 7.22. The lowest BCUT2D eigenvalue weighted by Crippen LogP contribution is -1.72. The molecule has 0 nitrogen and oxygen atoms in total. The van der Waals surface area contributed by atoms with E-state index in [2.05, 4.69) is 68.5 Å². The van der Waals surface area contributed by atoms with Crippen LogP contribution in [0.15, 0.2) is 97.2 Å². The molecule has 1 heterocycles. The maximum atomic E-state index is 2.14. The van der Waals surface area contributed by atoms with Crippen molar-refractivity contribution in [3.8, 4) is 0 Å². The maximum absolute atomic E-state index is 2.14. The summed E-state index contributed by atoms with van der Waals surface area (Å²) in [6, 6.07) is 12.8. The smallest absolute Gasteiger partial charge is 0.0273 e. The van der Waals surface area contributed by atoms with Crippen LogP contribution in [0.25, 0.3) is 12.2 Å². The summed E-state index contributed by atoms with van der Waals surface area (Å²) in [6.45, 7) is 8.24. The molecular weight excluding hydrogens is 344 g/mol. The van der Waals surface area contributed by atoms with Crippen molar-refractivity contribution in [1.29, 1.82) is 0 Å². The molecular formula is C26H30S. The van der Waals surface area contributed by atoms with Crippen molar-refractivity contribution in [2.75, 3.05) is 0 Å². The Morgan fingerprint density at radius 3 is 1.67 bits per heavy atom. The first-order valence-corrected chi connectivity index (χ1v) is 10.0. The Labute approximate surface area is 169 Å². The van der Waals surface area contributed by atoms with Gasteiger partial charge in [-0.2, -0.15) is 0 Å². The summed E-state index contributed by atoms with van der Waals surface area (Å²) in [5.74, 6) is 0. The average Bonchev–Trinajstić information content (AvgIpc) is 3.09. The predicted molar refractivity (Wildman–Crippen MR) is 126 cm³/mol. The van der Waals surface area contributed by atoms with Gasteiger partial charge in [0.2, 0.25) is 0 Å². The molecule has 0 bridgehead atoms. The number of aryl methyl sites for hydroxylation is 2. The van der Waals surface area contributed by atoms with Crippen molar-refractivity contribution in [2.45, 2.75) is 27.7 Å². The Balaban J connectivity index is 0.000000271. The first-order chi connectivity index (χ1) is 13.2. The lowest BCUT2D eigenvalue weighted by atomic mass is 10.1. The van der Waals surface area contributed by atoms with Gasteiger partial charge in [-0.1, -0.05) is 96.7 Å². The van der Waals surface area contributed by atoms with Gasteiger partial charge in [-0.3, -0.25) is 0 Å². The van der Waals surface area contributed by atoms with Crippen molar-refractivity contribution >= 4 is 23.5 Å². The fourth-order valence-corrected chi connectivity index (χ4v) is 2.81. The van der Waals surface area contributed by atoms with Crippen LogP contribution in [0.3, 0.4) is 0 Å². The zero-order valence-corrected chi connectivity index (χ0v) is 17.6. The quantitative estimate of drug-likeness (QED) is 0.446. The van der Waals surface area contributed by atoms with Gasteiger partial charge in [-0.05, 0) is 51.5 Å². The number of hydrogen-bond acceptors (Lipinski definition) is 1. The van der Waals surface area contributed by atoms with E-state index in [1.54, 1.807) is 0 Å². The van der Waals surface area contributed by atoms with Crippen LogP contribution in [0.4, 0.5) is 0 Å². The van der Waals surface area contributed by atoms with Crippen molar-refractivity contribution in [2.24, 2.45) is 0 Å². The number of benzene rings is 1. The van der Waals surface area contributed by atoms with E-state index in [-0.39, 0.29) is 0 Å². The van der Waals surface area contributed by atoms with Crippen LogP contribution < -0.4 is 0 Å². The van der Waals surface area contributed by atoms with Crippen molar-refractivity contribution in [3.05, 3.63) is 118 Å². The molecule has 27 heavy (non-hydrogen) atoms. The first-order valence-electron chi connectivity index (χ1n) is 9.21. The van der Waals surface area contributed by atoms with Crippen LogP contribution in [0.5, 0.6) is 0 Å². The molecule has 0 radical (unpaired) electrons. The summed E-state index contributed by atoms with van der Waals surface area (Å²) in [5, 5.41) is 0. The molecule has 2 aromatic rings. The Morgan fingerprint density at radius 2 is 1.15 bits per heavy atom. The van der Waals surface area contributed by atoms with E-state index >= 15 is 0 Å². The summed E-state index contributed by atoms with van der Waals surface area (Å²) >= 11 is 1.81. The molecule has 0 fully saturated rings. The van der Waals surface area contributed by atoms with Crippen LogP contribution in [0.1, 0.15) is 34.7 Å². The largest absolute Gasteiger partial charge is 0.141 e. The van der Waals surface area contributed by atoms with Gasteiger partial charge < -0.3 is 0 Å². The fourth-order valence-electron chi connectivity index (χ4n) is 2.02. The van der Waals surface area contributed by atoms with Crippen LogP contribution >= 0.6 is 11.3 Å². The summed E-state index contributed by atoms with van der Waals surface area (Å²) in [4.78, 5) is 2.67. The zero-order chi connectivity index (χ0) is 19.7. The average molecular weight is 375 g/mol. The van der Waals surface area contributed by atoms with Crippen molar-refractivity contribution in [1.82, 2.24) is 0 Å². The number of allylic oxidation sites excluding steroid dienone is 10. The molecule has 0 saturated heterocycles. The summed E-state index contributed by atoms with van der Waals surface area (Å²) in [6.07, 6.45) is 24.5. The van der Waals surface area contributed by atoms with E-state index in [0.717, 1.165) is 0 Å². The van der Waals surface area contributed by atoms with E-state index in [1.165, 1.54) is 20.9 Å². The minimum Gasteiger partial charge on any atom is -0.141 e. The van der Waals surface area contributed by atoms with E-state index in [1.807, 2.05) is 79.9 Å².